The molecule has 5 aromatic rings. The molecule has 1 unspecified atom stereocenters. The number of rotatable bonds is 2. The summed E-state index contributed by atoms with van der Waals surface area (Å²) in [7, 11) is 0. The number of nitrogens with zero attached hydrogens (tertiary/aromatic N) is 1. The maximum Gasteiger partial charge on any atom is 0.0543 e. The Bertz CT molecular complexity index is 1470. The molecular weight excluding hydrogens is 374 g/mol. The summed E-state index contributed by atoms with van der Waals surface area (Å²) >= 11 is 0. The van der Waals surface area contributed by atoms with E-state index in [-0.39, 0.29) is 0 Å². The molecule has 0 N–H and O–H groups in total. The lowest BCUT2D eigenvalue weighted by Gasteiger charge is -2.20. The molecule has 1 heterocycles. The predicted octanol–water partition coefficient (Wildman–Crippen LogP) is 7.96. The molecule has 6 rings (SSSR count). The lowest BCUT2D eigenvalue weighted by atomic mass is 9.85. The second-order valence-electron chi connectivity index (χ2n) is 8.79. The molecule has 0 saturated carbocycles. The van der Waals surface area contributed by atoms with Gasteiger partial charge in [-0.1, -0.05) is 73.7 Å². The highest BCUT2D eigenvalue weighted by molar-refractivity contribution is 6.12. The molecule has 0 amide bonds. The van der Waals surface area contributed by atoms with Gasteiger partial charge in [-0.3, -0.25) is 0 Å². The summed E-state index contributed by atoms with van der Waals surface area (Å²) in [6.45, 7) is 4.52. The number of fused-ring (bicyclic) bond motifs is 4. The van der Waals surface area contributed by atoms with Crippen molar-refractivity contribution in [1.29, 1.82) is 0 Å². The van der Waals surface area contributed by atoms with Gasteiger partial charge in [0.1, 0.15) is 0 Å². The van der Waals surface area contributed by atoms with E-state index in [1.807, 2.05) is 0 Å². The first-order valence-electron chi connectivity index (χ1n) is 11.1. The van der Waals surface area contributed by atoms with E-state index in [9.17, 15) is 0 Å². The summed E-state index contributed by atoms with van der Waals surface area (Å²) in [4.78, 5) is 0. The molecule has 1 aliphatic carbocycles. The molecule has 1 aromatic heterocycles. The molecule has 1 heteroatoms. The number of aromatic nitrogens is 1. The maximum atomic E-state index is 2.41. The van der Waals surface area contributed by atoms with Crippen LogP contribution in [0.1, 0.15) is 23.6 Å². The fraction of sp³-hybridized carbons (Fsp3) is 0.133. The summed E-state index contributed by atoms with van der Waals surface area (Å²) in [5.74, 6) is 0.583. The fourth-order valence-electron chi connectivity index (χ4n) is 5.19. The van der Waals surface area contributed by atoms with Gasteiger partial charge in [-0.2, -0.15) is 0 Å². The smallest absolute Gasteiger partial charge is 0.0543 e. The maximum absolute atomic E-state index is 2.41. The van der Waals surface area contributed by atoms with Gasteiger partial charge < -0.3 is 4.57 Å². The highest BCUT2D eigenvalue weighted by Crippen LogP contribution is 2.38. The molecule has 31 heavy (non-hydrogen) atoms. The van der Waals surface area contributed by atoms with Crippen molar-refractivity contribution in [3.63, 3.8) is 0 Å². The fourth-order valence-corrected chi connectivity index (χ4v) is 5.19. The molecule has 0 bridgehead atoms. The van der Waals surface area contributed by atoms with Crippen molar-refractivity contribution >= 4 is 27.9 Å². The molecule has 0 saturated heterocycles. The standard InChI is InChI=1S/C30H25N/c1-20-14-15-22-9-7-12-25(26(22)18-20)23-16-17-28-27(19-23)30-21(2)8-6-13-29(30)31(28)24-10-4-3-5-11-24/h3-17,19-20H,18H2,1-2H3. The molecule has 1 atom stereocenters. The molecule has 0 radical (unpaired) electrons. The average molecular weight is 400 g/mol. The van der Waals surface area contributed by atoms with Gasteiger partial charge in [-0.25, -0.2) is 0 Å². The molecule has 0 aliphatic heterocycles. The van der Waals surface area contributed by atoms with E-state index >= 15 is 0 Å². The molecule has 1 nitrogen and oxygen atoms in total. The number of para-hydroxylation sites is 1. The van der Waals surface area contributed by atoms with Crippen LogP contribution in [-0.4, -0.2) is 4.57 Å². The zero-order valence-electron chi connectivity index (χ0n) is 18.0. The quantitative estimate of drug-likeness (QED) is 0.284. The van der Waals surface area contributed by atoms with Gasteiger partial charge in [0.2, 0.25) is 0 Å². The van der Waals surface area contributed by atoms with Crippen LogP contribution in [0, 0.1) is 12.8 Å². The molecule has 0 fully saturated rings. The monoisotopic (exact) mass is 399 g/mol. The van der Waals surface area contributed by atoms with Gasteiger partial charge in [-0.05, 0) is 77.4 Å². The average Bonchev–Trinajstić information content (AvgIpc) is 3.14. The second kappa shape index (κ2) is 6.99. The number of aryl methyl sites for hydroxylation is 1. The third-order valence-corrected chi connectivity index (χ3v) is 6.67. The molecule has 4 aromatic carbocycles. The van der Waals surface area contributed by atoms with E-state index in [1.165, 1.54) is 55.3 Å². The Hall–Kier alpha value is -3.58. The van der Waals surface area contributed by atoms with Crippen molar-refractivity contribution in [3.05, 3.63) is 108 Å². The van der Waals surface area contributed by atoms with Crippen LogP contribution in [0.25, 0.3) is 44.7 Å². The van der Waals surface area contributed by atoms with Gasteiger partial charge in [-0.15, -0.1) is 0 Å². The predicted molar refractivity (Wildman–Crippen MR) is 133 cm³/mol. The van der Waals surface area contributed by atoms with Crippen molar-refractivity contribution in [3.8, 4) is 16.8 Å². The van der Waals surface area contributed by atoms with Gasteiger partial charge in [0.05, 0.1) is 11.0 Å². The van der Waals surface area contributed by atoms with Crippen LogP contribution in [0.3, 0.4) is 0 Å². The molecule has 0 spiro atoms. The number of benzene rings is 4. The summed E-state index contributed by atoms with van der Waals surface area (Å²) in [5.41, 5.74) is 10.6. The first kappa shape index (κ1) is 18.2. The van der Waals surface area contributed by atoms with E-state index in [2.05, 4.69) is 115 Å². The minimum Gasteiger partial charge on any atom is -0.309 e. The topological polar surface area (TPSA) is 4.93 Å². The minimum absolute atomic E-state index is 0.583. The Morgan fingerprint density at radius 3 is 2.52 bits per heavy atom. The highest BCUT2D eigenvalue weighted by Gasteiger charge is 2.18. The largest absolute Gasteiger partial charge is 0.309 e. The Kier molecular flexibility index (Phi) is 4.11. The Morgan fingerprint density at radius 1 is 0.806 bits per heavy atom. The van der Waals surface area contributed by atoms with E-state index < -0.39 is 0 Å². The van der Waals surface area contributed by atoms with Crippen molar-refractivity contribution in [2.75, 3.05) is 0 Å². The number of allylic oxidation sites excluding steroid dienone is 1. The van der Waals surface area contributed by atoms with Crippen LogP contribution < -0.4 is 0 Å². The molecule has 150 valence electrons. The van der Waals surface area contributed by atoms with Crippen LogP contribution in [-0.2, 0) is 6.42 Å². The Labute approximate surface area is 183 Å². The van der Waals surface area contributed by atoms with Crippen molar-refractivity contribution < 1.29 is 0 Å². The van der Waals surface area contributed by atoms with Gasteiger partial charge in [0.15, 0.2) is 0 Å². The first-order chi connectivity index (χ1) is 15.2. The minimum atomic E-state index is 0.583. The van der Waals surface area contributed by atoms with Crippen LogP contribution in [0.5, 0.6) is 0 Å². The highest BCUT2D eigenvalue weighted by atomic mass is 15.0. The van der Waals surface area contributed by atoms with Crippen molar-refractivity contribution in [1.82, 2.24) is 4.57 Å². The number of hydrogen-bond acceptors (Lipinski definition) is 0. The van der Waals surface area contributed by atoms with Crippen LogP contribution in [0.15, 0.2) is 91.0 Å². The van der Waals surface area contributed by atoms with E-state index in [0.717, 1.165) is 6.42 Å². The van der Waals surface area contributed by atoms with Crippen LogP contribution in [0.2, 0.25) is 0 Å². The lowest BCUT2D eigenvalue weighted by Crippen LogP contribution is -2.05. The second-order valence-corrected chi connectivity index (χ2v) is 8.79. The van der Waals surface area contributed by atoms with E-state index in [1.54, 1.807) is 0 Å². The van der Waals surface area contributed by atoms with Crippen molar-refractivity contribution in [2.45, 2.75) is 20.3 Å². The first-order valence-corrected chi connectivity index (χ1v) is 11.1. The van der Waals surface area contributed by atoms with Gasteiger partial charge >= 0.3 is 0 Å². The zero-order valence-corrected chi connectivity index (χ0v) is 18.0. The summed E-state index contributed by atoms with van der Waals surface area (Å²) < 4.78 is 2.40. The molecule has 1 aliphatic rings. The van der Waals surface area contributed by atoms with E-state index in [4.69, 9.17) is 0 Å². The normalized spacial score (nSPS) is 15.5. The summed E-state index contributed by atoms with van der Waals surface area (Å²) in [6.07, 6.45) is 5.72. The Balaban J connectivity index is 1.65. The SMILES string of the molecule is Cc1cccc2c1c1cc(-c3cccc4c3CC(C)C=C4)ccc1n2-c1ccccc1. The van der Waals surface area contributed by atoms with Crippen LogP contribution >= 0.6 is 0 Å². The summed E-state index contributed by atoms with van der Waals surface area (Å²) in [6, 6.07) is 31.0. The van der Waals surface area contributed by atoms with Crippen molar-refractivity contribution in [2.24, 2.45) is 5.92 Å². The lowest BCUT2D eigenvalue weighted by molar-refractivity contribution is 0.718. The van der Waals surface area contributed by atoms with Gasteiger partial charge in [0.25, 0.3) is 0 Å². The third-order valence-electron chi connectivity index (χ3n) is 6.67. The zero-order chi connectivity index (χ0) is 20.9. The number of hydrogen-bond donors (Lipinski definition) is 0. The van der Waals surface area contributed by atoms with Crippen LogP contribution in [0.4, 0.5) is 0 Å². The molecular formula is C30H25N. The Morgan fingerprint density at radius 2 is 1.65 bits per heavy atom. The third kappa shape index (κ3) is 2.84. The van der Waals surface area contributed by atoms with Gasteiger partial charge in [0, 0.05) is 16.5 Å². The van der Waals surface area contributed by atoms with E-state index in [0.29, 0.717) is 5.92 Å². The summed E-state index contributed by atoms with van der Waals surface area (Å²) in [5, 5.41) is 2.67.